The van der Waals surface area contributed by atoms with Crippen LogP contribution in [0.25, 0.3) is 0 Å². The van der Waals surface area contributed by atoms with E-state index in [1.165, 1.54) is 6.42 Å². The second-order valence-electron chi connectivity index (χ2n) is 6.92. The smallest absolute Gasteiger partial charge is 0.255 e. The van der Waals surface area contributed by atoms with Gasteiger partial charge in [-0.05, 0) is 30.5 Å². The molecule has 7 nitrogen and oxygen atoms in total. The Bertz CT molecular complexity index is 729. The van der Waals surface area contributed by atoms with Gasteiger partial charge in [-0.3, -0.25) is 19.7 Å². The standard InChI is InChI=1S/C18H22N4O3/c23-15-5-4-14(17(24)21-15)22-10-12-3-1-2-11(16(12)18(22)25)8-19-9-13-6-7-20-13/h1-3,13-14,19-20H,4-10H2,(H,21,23,24)/t13-,14?/m1/s1. The van der Waals surface area contributed by atoms with Crippen molar-refractivity contribution in [2.24, 2.45) is 0 Å². The van der Waals surface area contributed by atoms with Crippen molar-refractivity contribution in [1.29, 1.82) is 0 Å². The molecule has 1 aromatic carbocycles. The van der Waals surface area contributed by atoms with Crippen LogP contribution in [0.3, 0.4) is 0 Å². The number of nitrogens with zero attached hydrogens (tertiary/aromatic N) is 1. The summed E-state index contributed by atoms with van der Waals surface area (Å²) in [5.41, 5.74) is 2.63. The Balaban J connectivity index is 1.48. The number of hydrogen-bond acceptors (Lipinski definition) is 5. The summed E-state index contributed by atoms with van der Waals surface area (Å²) in [7, 11) is 0. The lowest BCUT2D eigenvalue weighted by Crippen LogP contribution is -2.52. The maximum atomic E-state index is 12.9. The average molecular weight is 342 g/mol. The number of amides is 3. The van der Waals surface area contributed by atoms with Crippen LogP contribution in [-0.2, 0) is 22.7 Å². The fourth-order valence-electron chi connectivity index (χ4n) is 3.74. The van der Waals surface area contributed by atoms with Crippen molar-refractivity contribution in [3.8, 4) is 0 Å². The Kier molecular flexibility index (Phi) is 4.27. The molecule has 1 aromatic rings. The van der Waals surface area contributed by atoms with Gasteiger partial charge in [-0.1, -0.05) is 18.2 Å². The van der Waals surface area contributed by atoms with Crippen LogP contribution in [0.15, 0.2) is 18.2 Å². The normalized spacial score (nSPS) is 25.6. The van der Waals surface area contributed by atoms with Crippen molar-refractivity contribution < 1.29 is 14.4 Å². The molecule has 3 N–H and O–H groups in total. The lowest BCUT2D eigenvalue weighted by molar-refractivity contribution is -0.136. The molecule has 3 amide bonds. The number of piperidine rings is 1. The van der Waals surface area contributed by atoms with Gasteiger partial charge in [-0.15, -0.1) is 0 Å². The zero-order chi connectivity index (χ0) is 17.4. The van der Waals surface area contributed by atoms with E-state index in [1.54, 1.807) is 4.90 Å². The summed E-state index contributed by atoms with van der Waals surface area (Å²) in [6, 6.07) is 5.82. The molecule has 0 aromatic heterocycles. The van der Waals surface area contributed by atoms with Crippen molar-refractivity contribution in [2.45, 2.75) is 44.4 Å². The molecule has 3 heterocycles. The van der Waals surface area contributed by atoms with E-state index in [4.69, 9.17) is 0 Å². The molecule has 7 heteroatoms. The molecule has 0 spiro atoms. The van der Waals surface area contributed by atoms with Crippen LogP contribution < -0.4 is 16.0 Å². The third-order valence-electron chi connectivity index (χ3n) is 5.27. The van der Waals surface area contributed by atoms with Gasteiger partial charge in [-0.2, -0.15) is 0 Å². The lowest BCUT2D eigenvalue weighted by atomic mass is 10.0. The van der Waals surface area contributed by atoms with Crippen molar-refractivity contribution in [1.82, 2.24) is 20.9 Å². The average Bonchev–Trinajstić information content (AvgIpc) is 2.87. The van der Waals surface area contributed by atoms with Gasteiger partial charge in [0.1, 0.15) is 6.04 Å². The molecule has 2 fully saturated rings. The van der Waals surface area contributed by atoms with Gasteiger partial charge in [0.05, 0.1) is 0 Å². The van der Waals surface area contributed by atoms with Gasteiger partial charge in [0.25, 0.3) is 5.91 Å². The van der Waals surface area contributed by atoms with E-state index in [1.807, 2.05) is 18.2 Å². The number of imide groups is 1. The van der Waals surface area contributed by atoms with Crippen molar-refractivity contribution in [3.05, 3.63) is 34.9 Å². The Morgan fingerprint density at radius 2 is 2.04 bits per heavy atom. The molecule has 2 saturated heterocycles. The zero-order valence-corrected chi connectivity index (χ0v) is 14.0. The molecule has 0 radical (unpaired) electrons. The SMILES string of the molecule is O=C1CCC(N2Cc3cccc(CNC[C@H]4CCN4)c3C2=O)C(=O)N1. The monoisotopic (exact) mass is 342 g/mol. The van der Waals surface area contributed by atoms with E-state index >= 15 is 0 Å². The van der Waals surface area contributed by atoms with Crippen molar-refractivity contribution in [3.63, 3.8) is 0 Å². The number of fused-ring (bicyclic) bond motifs is 1. The second kappa shape index (κ2) is 6.57. The lowest BCUT2D eigenvalue weighted by Gasteiger charge is -2.29. The minimum Gasteiger partial charge on any atom is -0.322 e. The molecule has 4 rings (SSSR count). The highest BCUT2D eigenvalue weighted by Crippen LogP contribution is 2.29. The van der Waals surface area contributed by atoms with Crippen LogP contribution in [0.1, 0.15) is 40.7 Å². The predicted molar refractivity (Wildman–Crippen MR) is 90.6 cm³/mol. The first kappa shape index (κ1) is 16.2. The van der Waals surface area contributed by atoms with Crippen molar-refractivity contribution in [2.75, 3.05) is 13.1 Å². The minimum absolute atomic E-state index is 0.108. The summed E-state index contributed by atoms with van der Waals surface area (Å²) in [6.45, 7) is 3.02. The second-order valence-corrected chi connectivity index (χ2v) is 6.92. The topological polar surface area (TPSA) is 90.5 Å². The molecule has 25 heavy (non-hydrogen) atoms. The third kappa shape index (κ3) is 3.05. The van der Waals surface area contributed by atoms with Gasteiger partial charge >= 0.3 is 0 Å². The first-order valence-corrected chi connectivity index (χ1v) is 8.83. The number of rotatable bonds is 5. The van der Waals surface area contributed by atoms with E-state index in [2.05, 4.69) is 16.0 Å². The summed E-state index contributed by atoms with van der Waals surface area (Å²) in [6.07, 6.45) is 1.85. The zero-order valence-electron chi connectivity index (χ0n) is 14.0. The van der Waals surface area contributed by atoms with Crippen LogP contribution in [0.5, 0.6) is 0 Å². The minimum atomic E-state index is -0.558. The molecule has 3 aliphatic rings. The number of carbonyl (C=O) groups is 3. The molecule has 0 aliphatic carbocycles. The van der Waals surface area contributed by atoms with Crippen LogP contribution in [0, 0.1) is 0 Å². The highest BCUT2D eigenvalue weighted by Gasteiger charge is 2.39. The van der Waals surface area contributed by atoms with Crippen LogP contribution in [0.4, 0.5) is 0 Å². The van der Waals surface area contributed by atoms with Gasteiger partial charge < -0.3 is 15.5 Å². The number of carbonyl (C=O) groups excluding carboxylic acids is 3. The highest BCUT2D eigenvalue weighted by atomic mass is 16.2. The molecule has 0 bridgehead atoms. The van der Waals surface area contributed by atoms with Gasteiger partial charge in [-0.25, -0.2) is 0 Å². The Morgan fingerprint density at radius 3 is 2.76 bits per heavy atom. The molecule has 1 unspecified atom stereocenters. The van der Waals surface area contributed by atoms with Crippen LogP contribution in [-0.4, -0.2) is 47.8 Å². The van der Waals surface area contributed by atoms with E-state index in [-0.39, 0.29) is 24.1 Å². The van der Waals surface area contributed by atoms with Gasteiger partial charge in [0.15, 0.2) is 0 Å². The number of nitrogens with one attached hydrogen (secondary N) is 3. The largest absolute Gasteiger partial charge is 0.322 e. The summed E-state index contributed by atoms with van der Waals surface area (Å²) in [5.74, 6) is -0.739. The molecule has 3 aliphatic heterocycles. The van der Waals surface area contributed by atoms with Gasteiger partial charge in [0, 0.05) is 37.7 Å². The maximum absolute atomic E-state index is 12.9. The molecule has 132 valence electrons. The van der Waals surface area contributed by atoms with E-state index < -0.39 is 6.04 Å². The first-order valence-electron chi connectivity index (χ1n) is 8.83. The summed E-state index contributed by atoms with van der Waals surface area (Å²) >= 11 is 0. The van der Waals surface area contributed by atoms with E-state index in [0.29, 0.717) is 31.1 Å². The molecule has 0 saturated carbocycles. The van der Waals surface area contributed by atoms with Gasteiger partial charge in [0.2, 0.25) is 11.8 Å². The first-order chi connectivity index (χ1) is 12.1. The van der Waals surface area contributed by atoms with Crippen molar-refractivity contribution >= 4 is 17.7 Å². The fraction of sp³-hybridized carbons (Fsp3) is 0.500. The summed E-state index contributed by atoms with van der Waals surface area (Å²) in [4.78, 5) is 38.0. The fourth-order valence-corrected chi connectivity index (χ4v) is 3.74. The Hall–Kier alpha value is -2.25. The summed E-state index contributed by atoms with van der Waals surface area (Å²) < 4.78 is 0. The van der Waals surface area contributed by atoms with Crippen LogP contribution in [0.2, 0.25) is 0 Å². The Labute approximate surface area is 146 Å². The van der Waals surface area contributed by atoms with E-state index in [9.17, 15) is 14.4 Å². The number of benzene rings is 1. The molecular formula is C18H22N4O3. The molecule has 2 atom stereocenters. The van der Waals surface area contributed by atoms with E-state index in [0.717, 1.165) is 24.2 Å². The maximum Gasteiger partial charge on any atom is 0.255 e. The summed E-state index contributed by atoms with van der Waals surface area (Å²) in [5, 5.41) is 9.08. The quantitative estimate of drug-likeness (QED) is 0.650. The highest BCUT2D eigenvalue weighted by molar-refractivity contribution is 6.05. The Morgan fingerprint density at radius 1 is 1.20 bits per heavy atom. The third-order valence-corrected chi connectivity index (χ3v) is 5.27. The van der Waals surface area contributed by atoms with Crippen LogP contribution >= 0.6 is 0 Å². The molecular weight excluding hydrogens is 320 g/mol. The number of hydrogen-bond donors (Lipinski definition) is 3. The predicted octanol–water partition coefficient (Wildman–Crippen LogP) is -0.101.